The molecule has 240 valence electrons. The molecule has 2 aliphatic heterocycles. The molecule has 1 aromatic heterocycles. The first kappa shape index (κ1) is 32.6. The highest BCUT2D eigenvalue weighted by Crippen LogP contribution is 2.41. The predicted octanol–water partition coefficient (Wildman–Crippen LogP) is 5.26. The number of ether oxygens (including phenoxy) is 2. The van der Waals surface area contributed by atoms with E-state index in [0.29, 0.717) is 45.2 Å². The third-order valence-electron chi connectivity index (χ3n) is 8.10. The van der Waals surface area contributed by atoms with E-state index >= 15 is 0 Å². The van der Waals surface area contributed by atoms with E-state index in [1.807, 2.05) is 0 Å². The van der Waals surface area contributed by atoms with Gasteiger partial charge in [-0.05, 0) is 60.8 Å². The average molecular weight is 624 g/mol. The summed E-state index contributed by atoms with van der Waals surface area (Å²) in [6.07, 6.45) is -0.309. The Morgan fingerprint density at radius 3 is 1.98 bits per heavy atom. The molecular weight excluding hydrogens is 582 g/mol. The molecule has 1 saturated heterocycles. The van der Waals surface area contributed by atoms with Crippen LogP contribution < -0.4 is 10.6 Å². The largest absolute Gasteiger partial charge is 0.466 e. The molecule has 0 aliphatic carbocycles. The quantitative estimate of drug-likeness (QED) is 0.264. The highest BCUT2D eigenvalue weighted by Gasteiger charge is 2.39. The molecule has 1 atom stereocenters. The number of piperazine rings is 1. The summed E-state index contributed by atoms with van der Waals surface area (Å²) < 4.78 is 15.3. The van der Waals surface area contributed by atoms with Crippen LogP contribution in [-0.4, -0.2) is 66.5 Å². The number of esters is 2. The summed E-state index contributed by atoms with van der Waals surface area (Å²) in [6.45, 7) is 11.4. The third kappa shape index (κ3) is 7.19. The van der Waals surface area contributed by atoms with Gasteiger partial charge in [0.15, 0.2) is 0 Å². The van der Waals surface area contributed by atoms with Crippen LogP contribution in [0.25, 0.3) is 11.0 Å². The van der Waals surface area contributed by atoms with Gasteiger partial charge in [-0.3, -0.25) is 4.90 Å². The van der Waals surface area contributed by atoms with E-state index in [2.05, 4.69) is 86.5 Å². The zero-order chi connectivity index (χ0) is 32.6. The van der Waals surface area contributed by atoms with Gasteiger partial charge >= 0.3 is 11.9 Å². The second kappa shape index (κ2) is 15.0. The first-order chi connectivity index (χ1) is 22.3. The van der Waals surface area contributed by atoms with Crippen LogP contribution in [0.3, 0.4) is 0 Å². The SMILES string of the molecule is COC(=O)C1=C(C)NC(C)=C(C(=O)OC(C)C)C1c1cccc2nonc12.c1ccc(C(c2ccccc2)N2CCNCC2)cc1. The van der Waals surface area contributed by atoms with Gasteiger partial charge in [-0.2, -0.15) is 0 Å². The molecule has 10 heteroatoms. The van der Waals surface area contributed by atoms with Crippen LogP contribution in [0.15, 0.2) is 106 Å². The molecule has 0 spiro atoms. The van der Waals surface area contributed by atoms with Crippen molar-refractivity contribution in [2.75, 3.05) is 33.3 Å². The van der Waals surface area contributed by atoms with Gasteiger partial charge in [0, 0.05) is 37.6 Å². The number of hydrogen-bond acceptors (Lipinski definition) is 10. The number of fused-ring (bicyclic) bond motifs is 1. The van der Waals surface area contributed by atoms with Crippen LogP contribution in [0.1, 0.15) is 56.3 Å². The lowest BCUT2D eigenvalue weighted by Gasteiger charge is -2.35. The number of allylic oxidation sites excluding steroid dienone is 2. The highest BCUT2D eigenvalue weighted by molar-refractivity contribution is 6.01. The van der Waals surface area contributed by atoms with Gasteiger partial charge < -0.3 is 20.1 Å². The van der Waals surface area contributed by atoms with Crippen molar-refractivity contribution in [1.29, 1.82) is 0 Å². The monoisotopic (exact) mass is 623 g/mol. The van der Waals surface area contributed by atoms with Gasteiger partial charge in [-0.1, -0.05) is 72.8 Å². The lowest BCUT2D eigenvalue weighted by Crippen LogP contribution is -2.45. The van der Waals surface area contributed by atoms with Gasteiger partial charge in [-0.25, -0.2) is 14.2 Å². The summed E-state index contributed by atoms with van der Waals surface area (Å²) in [5, 5.41) is 14.3. The Hall–Kier alpha value is -4.80. The molecule has 3 aromatic carbocycles. The molecule has 2 aliphatic rings. The zero-order valence-corrected chi connectivity index (χ0v) is 26.9. The zero-order valence-electron chi connectivity index (χ0n) is 26.9. The molecule has 0 saturated carbocycles. The smallest absolute Gasteiger partial charge is 0.337 e. The van der Waals surface area contributed by atoms with E-state index in [-0.39, 0.29) is 6.10 Å². The van der Waals surface area contributed by atoms with Crippen LogP contribution in [-0.2, 0) is 19.1 Å². The number of methoxy groups -OCH3 is 1. The summed E-state index contributed by atoms with van der Waals surface area (Å²) >= 11 is 0. The van der Waals surface area contributed by atoms with E-state index in [4.69, 9.17) is 14.1 Å². The summed E-state index contributed by atoms with van der Waals surface area (Å²) in [6, 6.07) is 27.3. The second-order valence-corrected chi connectivity index (χ2v) is 11.6. The second-order valence-electron chi connectivity index (χ2n) is 11.6. The Kier molecular flexibility index (Phi) is 10.6. The minimum atomic E-state index is -0.722. The van der Waals surface area contributed by atoms with Gasteiger partial charge in [0.1, 0.15) is 11.0 Å². The molecular formula is C36H41N5O5. The fraction of sp³-hybridized carbons (Fsp3) is 0.333. The molecule has 0 amide bonds. The van der Waals surface area contributed by atoms with Crippen molar-refractivity contribution in [2.45, 2.75) is 45.8 Å². The molecule has 3 heterocycles. The highest BCUT2D eigenvalue weighted by atomic mass is 16.6. The number of hydrogen-bond donors (Lipinski definition) is 2. The topological polar surface area (TPSA) is 119 Å². The van der Waals surface area contributed by atoms with Crippen LogP contribution in [0.2, 0.25) is 0 Å². The van der Waals surface area contributed by atoms with E-state index in [0.717, 1.165) is 26.2 Å². The van der Waals surface area contributed by atoms with Crippen LogP contribution in [0, 0.1) is 0 Å². The molecule has 46 heavy (non-hydrogen) atoms. The Balaban J connectivity index is 0.000000192. The fourth-order valence-corrected chi connectivity index (χ4v) is 6.12. The molecule has 0 radical (unpaired) electrons. The van der Waals surface area contributed by atoms with E-state index in [1.54, 1.807) is 45.9 Å². The van der Waals surface area contributed by atoms with Crippen LogP contribution in [0.5, 0.6) is 0 Å². The summed E-state index contributed by atoms with van der Waals surface area (Å²) in [7, 11) is 1.30. The van der Waals surface area contributed by atoms with Crippen LogP contribution >= 0.6 is 0 Å². The molecule has 2 N–H and O–H groups in total. The summed E-state index contributed by atoms with van der Waals surface area (Å²) in [5.41, 5.74) is 6.22. The lowest BCUT2D eigenvalue weighted by molar-refractivity contribution is -0.143. The Labute approximate surface area is 269 Å². The van der Waals surface area contributed by atoms with Crippen molar-refractivity contribution in [1.82, 2.24) is 25.8 Å². The minimum absolute atomic E-state index is 0.309. The summed E-state index contributed by atoms with van der Waals surface area (Å²) in [5.74, 6) is -1.77. The average Bonchev–Trinajstić information content (AvgIpc) is 3.55. The Morgan fingerprint density at radius 2 is 1.41 bits per heavy atom. The van der Waals surface area contributed by atoms with E-state index in [1.165, 1.54) is 18.2 Å². The number of carbonyl (C=O) groups is 2. The van der Waals surface area contributed by atoms with Gasteiger partial charge in [-0.15, -0.1) is 0 Å². The number of benzene rings is 3. The molecule has 1 fully saturated rings. The molecule has 0 bridgehead atoms. The molecule has 10 nitrogen and oxygen atoms in total. The number of dihydropyridines is 1. The molecule has 1 unspecified atom stereocenters. The van der Waals surface area contributed by atoms with Gasteiger partial charge in [0.05, 0.1) is 36.3 Å². The van der Waals surface area contributed by atoms with Crippen molar-refractivity contribution in [2.24, 2.45) is 0 Å². The first-order valence-electron chi connectivity index (χ1n) is 15.5. The van der Waals surface area contributed by atoms with Gasteiger partial charge in [0.2, 0.25) is 0 Å². The summed E-state index contributed by atoms with van der Waals surface area (Å²) in [4.78, 5) is 28.0. The number of rotatable bonds is 7. The Morgan fingerprint density at radius 1 is 0.826 bits per heavy atom. The molecule has 4 aromatic rings. The van der Waals surface area contributed by atoms with E-state index < -0.39 is 17.9 Å². The van der Waals surface area contributed by atoms with Gasteiger partial charge in [0.25, 0.3) is 0 Å². The first-order valence-corrected chi connectivity index (χ1v) is 15.5. The number of carbonyl (C=O) groups excluding carboxylic acids is 2. The van der Waals surface area contributed by atoms with Crippen molar-refractivity contribution in [3.8, 4) is 0 Å². The maximum atomic E-state index is 12.9. The predicted molar refractivity (Wildman–Crippen MR) is 175 cm³/mol. The van der Waals surface area contributed by atoms with Crippen molar-refractivity contribution in [3.05, 3.63) is 118 Å². The maximum Gasteiger partial charge on any atom is 0.337 e. The number of nitrogens with one attached hydrogen (secondary N) is 2. The van der Waals surface area contributed by atoms with Crippen LogP contribution in [0.4, 0.5) is 0 Å². The minimum Gasteiger partial charge on any atom is -0.466 e. The number of nitrogens with zero attached hydrogens (tertiary/aromatic N) is 3. The normalized spacial score (nSPS) is 17.1. The third-order valence-corrected chi connectivity index (χ3v) is 8.10. The number of aromatic nitrogens is 2. The van der Waals surface area contributed by atoms with Crippen molar-refractivity contribution in [3.63, 3.8) is 0 Å². The fourth-order valence-electron chi connectivity index (χ4n) is 6.12. The Bertz CT molecular complexity index is 1670. The lowest BCUT2D eigenvalue weighted by atomic mass is 9.80. The molecule has 6 rings (SSSR count). The van der Waals surface area contributed by atoms with Crippen molar-refractivity contribution >= 4 is 23.0 Å². The standard InChI is InChI=1S/C19H21N3O5.C17H20N2/c1-9(2)26-19(24)15-11(4)20-10(3)14(18(23)25-5)16(15)12-7-6-8-13-17(12)22-27-21-13;1-3-7-15(8-4-1)17(16-9-5-2-6-10-16)19-13-11-18-12-14-19/h6-9,16,20H,1-5H3;1-10,17-18H,11-14H2. The van der Waals surface area contributed by atoms with Crippen molar-refractivity contribution < 1.29 is 23.7 Å². The van der Waals surface area contributed by atoms with E-state index in [9.17, 15) is 9.59 Å². The maximum absolute atomic E-state index is 12.9.